The maximum atomic E-state index is 12.4. The molecule has 0 bridgehead atoms. The van der Waals surface area contributed by atoms with Gasteiger partial charge in [0.15, 0.2) is 0 Å². The van der Waals surface area contributed by atoms with Gasteiger partial charge in [-0.05, 0) is 0 Å². The Bertz CT molecular complexity index is 702. The number of nitrogens with one attached hydrogen (secondary N) is 1. The van der Waals surface area contributed by atoms with Gasteiger partial charge in [0, 0.05) is 0 Å². The van der Waals surface area contributed by atoms with Crippen LogP contribution in [0.4, 0.5) is 2.86 Å². The zero-order chi connectivity index (χ0) is 19.7. The van der Waals surface area contributed by atoms with E-state index < -0.39 is 43.3 Å². The molecule has 2 fully saturated rings. The van der Waals surface area contributed by atoms with E-state index in [1.807, 2.05) is 0 Å². The molecule has 0 aliphatic carbocycles. The Kier molecular flexibility index (Phi) is 6.91. The van der Waals surface area contributed by atoms with E-state index in [2.05, 4.69) is 34.6 Å². The molecule has 1 N–H and O–H groups in total. The quantitative estimate of drug-likeness (QED) is 0.0857. The number of fused-ring (bicyclic) bond motifs is 3. The number of alkyl halides is 2. The Balaban J connectivity index is 1.54. The Hall–Kier alpha value is 0.0900. The molecule has 4 rings (SSSR count). The topological polar surface area (TPSA) is 46.3 Å². The zero-order valence-electron chi connectivity index (χ0n) is 16.6. The van der Waals surface area contributed by atoms with E-state index in [4.69, 9.17) is 14.3 Å². The Labute approximate surface area is 188 Å². The Morgan fingerprint density at radius 1 is 1.39 bits per heavy atom. The van der Waals surface area contributed by atoms with E-state index >= 15 is 0 Å². The molecule has 3 aliphatic rings. The first kappa shape index (κ1) is 21.3. The van der Waals surface area contributed by atoms with Crippen LogP contribution in [0.25, 0.3) is 0 Å². The van der Waals surface area contributed by atoms with Crippen LogP contribution in [0.3, 0.4) is 0 Å². The van der Waals surface area contributed by atoms with Gasteiger partial charge in [-0.25, -0.2) is 0 Å². The molecule has 28 heavy (non-hydrogen) atoms. The van der Waals surface area contributed by atoms with Crippen LogP contribution in [0, 0.1) is 11.8 Å². The number of rotatable bonds is 8. The fraction of sp³-hybridized carbons (Fsp3) is 0.700. The molecule has 1 spiro atoms. The first-order valence-corrected chi connectivity index (χ1v) is 14.8. The van der Waals surface area contributed by atoms with Crippen molar-refractivity contribution in [3.8, 4) is 11.5 Å². The predicted molar refractivity (Wildman–Crippen MR) is 97.0 cm³/mol. The molecule has 3 aliphatic heterocycles. The van der Waals surface area contributed by atoms with Gasteiger partial charge in [-0.2, -0.15) is 0 Å². The average Bonchev–Trinajstić information content (AvgIpc) is 3.45. The summed E-state index contributed by atoms with van der Waals surface area (Å²) in [7, 11) is 1.68. The van der Waals surface area contributed by atoms with Gasteiger partial charge in [0.25, 0.3) is 0 Å². The van der Waals surface area contributed by atoms with Crippen molar-refractivity contribution in [3.63, 3.8) is 0 Å². The number of epoxide rings is 1. The number of hydrogen-bond acceptors (Lipinski definition) is 5. The van der Waals surface area contributed by atoms with Crippen LogP contribution in [0.5, 0.6) is 11.5 Å². The maximum absolute atomic E-state index is 12.4. The fourth-order valence-electron chi connectivity index (χ4n) is 4.81. The fourth-order valence-corrected chi connectivity index (χ4v) is 6.95. The summed E-state index contributed by atoms with van der Waals surface area (Å²) in [6, 6.07) is 4.67. The van der Waals surface area contributed by atoms with Crippen molar-refractivity contribution in [2.24, 2.45) is 11.8 Å². The van der Waals surface area contributed by atoms with Crippen molar-refractivity contribution in [2.45, 2.75) is 44.8 Å². The number of ether oxygens (including phenoxy) is 2. The van der Waals surface area contributed by atoms with Gasteiger partial charge in [0.1, 0.15) is 0 Å². The molecule has 3 heterocycles. The summed E-state index contributed by atoms with van der Waals surface area (Å²) in [5, 5.41) is 0. The Morgan fingerprint density at radius 3 is 2.89 bits per heavy atom. The van der Waals surface area contributed by atoms with Gasteiger partial charge in [-0.3, -0.25) is 0 Å². The second-order valence-electron chi connectivity index (χ2n) is 8.36. The Morgan fingerprint density at radius 2 is 2.21 bits per heavy atom. The van der Waals surface area contributed by atoms with Crippen molar-refractivity contribution in [2.75, 3.05) is 29.2 Å². The monoisotopic (exact) mass is 618 g/mol. The van der Waals surface area contributed by atoms with E-state index in [-0.39, 0.29) is 5.60 Å². The summed E-state index contributed by atoms with van der Waals surface area (Å²) >= 11 is -1.60. The average molecular weight is 618 g/mol. The molecule has 3 atom stereocenters. The van der Waals surface area contributed by atoms with Gasteiger partial charge in [0.05, 0.1) is 0 Å². The second kappa shape index (κ2) is 9.07. The van der Waals surface area contributed by atoms with Gasteiger partial charge >= 0.3 is 176 Å². The summed E-state index contributed by atoms with van der Waals surface area (Å²) in [6.07, 6.45) is 3.34. The third kappa shape index (κ3) is 4.40. The molecule has 1 aromatic rings. The first-order chi connectivity index (χ1) is 13.6. The van der Waals surface area contributed by atoms with Crippen molar-refractivity contribution in [3.05, 3.63) is 23.3 Å². The number of hydrogen-bond donors (Lipinski definition) is 1. The van der Waals surface area contributed by atoms with Crippen molar-refractivity contribution < 1.29 is 60.4 Å². The number of nitrogens with zero attached hydrogens (tertiary/aromatic N) is 1. The van der Waals surface area contributed by atoms with E-state index in [1.54, 1.807) is 7.11 Å². The molecule has 160 valence electrons. The molecule has 0 radical (unpaired) electrons. The summed E-state index contributed by atoms with van der Waals surface area (Å²) in [5.41, 5.74) is 2.79. The van der Waals surface area contributed by atoms with Crippen LogP contribution in [-0.2, 0) is 11.2 Å². The molecule has 2 saturated heterocycles. The summed E-state index contributed by atoms with van der Waals surface area (Å²) in [6.45, 7) is 7.74. The SMILES string of the molecule is COc1cc2c(cc1ON[I-]C[I-]F)CCN1CC(CC(C)C)C3(CO3)CC21. The normalized spacial score (nSPS) is 29.2. The molecule has 0 aromatic heterocycles. The second-order valence-corrected chi connectivity index (χ2v) is 14.6. The summed E-state index contributed by atoms with van der Waals surface area (Å²) < 4.78 is 27.7. The van der Waals surface area contributed by atoms with Crippen LogP contribution in [0.15, 0.2) is 12.1 Å². The minimum atomic E-state index is -1.16. The third-order valence-electron chi connectivity index (χ3n) is 6.19. The van der Waals surface area contributed by atoms with Gasteiger partial charge in [-0.1, -0.05) is 13.8 Å². The molecule has 0 amide bonds. The number of methoxy groups -OCH3 is 1. The number of benzene rings is 1. The van der Waals surface area contributed by atoms with Crippen LogP contribution in [0.1, 0.15) is 43.9 Å². The molecule has 1 aromatic carbocycles. The molecular formula is C20H29FI2N2O3-2. The van der Waals surface area contributed by atoms with Gasteiger partial charge in [0.2, 0.25) is 0 Å². The van der Waals surface area contributed by atoms with Gasteiger partial charge < -0.3 is 0 Å². The van der Waals surface area contributed by atoms with Crippen molar-refractivity contribution >= 4 is 0 Å². The predicted octanol–water partition coefficient (Wildman–Crippen LogP) is -2.75. The zero-order valence-corrected chi connectivity index (χ0v) is 21.0. The van der Waals surface area contributed by atoms with E-state index in [9.17, 15) is 2.86 Å². The van der Waals surface area contributed by atoms with Crippen molar-refractivity contribution in [1.82, 2.24) is 8.59 Å². The minimum absolute atomic E-state index is 0.0872. The molecule has 8 heteroatoms. The third-order valence-corrected chi connectivity index (χ3v) is 10.6. The first-order valence-electron chi connectivity index (χ1n) is 9.85. The number of piperidine rings is 1. The van der Waals surface area contributed by atoms with Crippen LogP contribution < -0.4 is 56.5 Å². The summed E-state index contributed by atoms with van der Waals surface area (Å²) in [4.78, 5) is 8.38. The van der Waals surface area contributed by atoms with Gasteiger partial charge in [-0.15, -0.1) is 0 Å². The van der Waals surface area contributed by atoms with E-state index in [0.29, 0.717) is 20.3 Å². The van der Waals surface area contributed by atoms with E-state index in [1.165, 1.54) is 17.5 Å². The standard InChI is InChI=1S/C20H29FI2N2O3/c1-13(2)6-15-10-25-5-4-14-7-19(28-24-23-12-22-21)18(26-3)8-16(14)17(25)9-20(15)11-27-20/h7-8,13,15,17,24H,4-6,9-12H2,1-3H3/q-2. The molecule has 0 saturated carbocycles. The van der Waals surface area contributed by atoms with Crippen molar-refractivity contribution in [1.29, 1.82) is 0 Å². The van der Waals surface area contributed by atoms with Crippen LogP contribution in [0.2, 0.25) is 0 Å². The van der Waals surface area contributed by atoms with Crippen LogP contribution in [-0.4, -0.2) is 39.7 Å². The molecule has 3 unspecified atom stereocenters. The summed E-state index contributed by atoms with van der Waals surface area (Å²) in [5.74, 6) is 2.81. The molecule has 5 nitrogen and oxygen atoms in total. The number of halogens is 3. The van der Waals surface area contributed by atoms with E-state index in [0.717, 1.165) is 44.0 Å². The molecular weight excluding hydrogens is 589 g/mol. The van der Waals surface area contributed by atoms with Crippen LogP contribution >= 0.6 is 0 Å².